The molecule has 3 aromatic carbocycles. The van der Waals surface area contributed by atoms with Crippen molar-refractivity contribution in [3.8, 4) is 11.5 Å². The van der Waals surface area contributed by atoms with E-state index in [0.717, 1.165) is 23.5 Å². The van der Waals surface area contributed by atoms with Crippen molar-refractivity contribution in [1.29, 1.82) is 0 Å². The van der Waals surface area contributed by atoms with Gasteiger partial charge in [0.1, 0.15) is 12.0 Å². The van der Waals surface area contributed by atoms with Gasteiger partial charge in [-0.3, -0.25) is 4.79 Å². The number of phenolic OH excluding ortho intramolecular Hbond substituents is 2. The van der Waals surface area contributed by atoms with Gasteiger partial charge in [0.05, 0.1) is 0 Å². The molecule has 0 aliphatic rings. The molecule has 0 atom stereocenters. The topological polar surface area (TPSA) is 60.8 Å². The molecule has 0 saturated carbocycles. The Hall–Kier alpha value is -3.34. The minimum absolute atomic E-state index is 0.218. The van der Waals surface area contributed by atoms with Gasteiger partial charge in [-0.25, -0.2) is 4.39 Å². The summed E-state index contributed by atoms with van der Waals surface area (Å²) >= 11 is 0. The zero-order chi connectivity index (χ0) is 18.2. The molecule has 2 N–H and O–H groups in total. The maximum Gasteiger partial charge on any atom is 0.165 e. The van der Waals surface area contributed by atoms with Crippen molar-refractivity contribution in [3.05, 3.63) is 84.2 Å². The van der Waals surface area contributed by atoms with E-state index in [2.05, 4.69) is 4.90 Å². The average molecular weight is 339 g/mol. The first kappa shape index (κ1) is 18.0. The average Bonchev–Trinajstić information content (AvgIpc) is 2.65. The van der Waals surface area contributed by atoms with Gasteiger partial charge in [-0.1, -0.05) is 18.2 Å². The normalized spacial score (nSPS) is 9.68. The van der Waals surface area contributed by atoms with Crippen LogP contribution in [0.15, 0.2) is 72.8 Å². The summed E-state index contributed by atoms with van der Waals surface area (Å²) in [6.07, 6.45) is 0.516. The van der Waals surface area contributed by atoms with Crippen LogP contribution in [0.4, 0.5) is 15.8 Å². The van der Waals surface area contributed by atoms with Crippen LogP contribution < -0.4 is 4.90 Å². The van der Waals surface area contributed by atoms with E-state index in [4.69, 9.17) is 5.11 Å². The van der Waals surface area contributed by atoms with E-state index in [1.54, 1.807) is 12.1 Å². The van der Waals surface area contributed by atoms with Gasteiger partial charge in [0.2, 0.25) is 0 Å². The number of aromatic hydroxyl groups is 2. The van der Waals surface area contributed by atoms with E-state index in [9.17, 15) is 14.3 Å². The highest BCUT2D eigenvalue weighted by molar-refractivity contribution is 5.74. The van der Waals surface area contributed by atoms with Crippen molar-refractivity contribution in [2.75, 3.05) is 11.9 Å². The lowest BCUT2D eigenvalue weighted by Gasteiger charge is -2.19. The molecule has 0 unspecified atom stereocenters. The van der Waals surface area contributed by atoms with Gasteiger partial charge in [0.15, 0.2) is 11.6 Å². The maximum absolute atomic E-state index is 12.4. The zero-order valence-corrected chi connectivity index (χ0v) is 13.6. The second-order valence-electron chi connectivity index (χ2n) is 5.24. The molecular formula is C20H18FNO3. The van der Waals surface area contributed by atoms with Crippen molar-refractivity contribution in [3.63, 3.8) is 0 Å². The number of aldehydes is 1. The third-order valence-corrected chi connectivity index (χ3v) is 3.49. The summed E-state index contributed by atoms with van der Waals surface area (Å²) in [4.78, 5) is 12.1. The van der Waals surface area contributed by atoms with Crippen LogP contribution in [-0.2, 0) is 0 Å². The number of halogens is 1. The Bertz CT molecular complexity index is 820. The Morgan fingerprint density at radius 3 is 2.04 bits per heavy atom. The molecular weight excluding hydrogens is 321 g/mol. The van der Waals surface area contributed by atoms with Crippen LogP contribution in [0.3, 0.4) is 0 Å². The summed E-state index contributed by atoms with van der Waals surface area (Å²) in [6.45, 7) is 0. The van der Waals surface area contributed by atoms with Crippen molar-refractivity contribution < 1.29 is 19.4 Å². The summed E-state index contributed by atoms with van der Waals surface area (Å²) in [5.41, 5.74) is 2.40. The molecule has 5 heteroatoms. The first-order valence-corrected chi connectivity index (χ1v) is 7.53. The van der Waals surface area contributed by atoms with Crippen LogP contribution in [0, 0.1) is 5.82 Å². The lowest BCUT2D eigenvalue weighted by molar-refractivity contribution is 0.112. The molecule has 0 fully saturated rings. The van der Waals surface area contributed by atoms with E-state index in [0.29, 0.717) is 12.0 Å². The minimum Gasteiger partial charge on any atom is -0.508 e. The van der Waals surface area contributed by atoms with Gasteiger partial charge in [-0.2, -0.15) is 0 Å². The van der Waals surface area contributed by atoms with Gasteiger partial charge in [0, 0.05) is 24.0 Å². The number of benzene rings is 3. The molecule has 0 aliphatic heterocycles. The van der Waals surface area contributed by atoms with Gasteiger partial charge in [-0.05, 0) is 54.6 Å². The van der Waals surface area contributed by atoms with E-state index in [-0.39, 0.29) is 5.56 Å². The summed E-state index contributed by atoms with van der Waals surface area (Å²) < 4.78 is 12.4. The molecule has 25 heavy (non-hydrogen) atoms. The van der Waals surface area contributed by atoms with Crippen LogP contribution in [0.1, 0.15) is 10.4 Å². The molecule has 0 spiro atoms. The van der Waals surface area contributed by atoms with Crippen LogP contribution >= 0.6 is 0 Å². The SMILES string of the molecule is CN(c1ccccc1)c1ccc(O)cc1.O=Cc1ccc(O)c(F)c1. The molecule has 0 radical (unpaired) electrons. The molecule has 0 amide bonds. The molecule has 0 heterocycles. The predicted octanol–water partition coefficient (Wildman–Crippen LogP) is 4.50. The second kappa shape index (κ2) is 8.49. The highest BCUT2D eigenvalue weighted by Gasteiger charge is 2.02. The highest BCUT2D eigenvalue weighted by atomic mass is 19.1. The first-order valence-electron chi connectivity index (χ1n) is 7.53. The monoisotopic (exact) mass is 339 g/mol. The van der Waals surface area contributed by atoms with Crippen LogP contribution in [0.5, 0.6) is 11.5 Å². The lowest BCUT2D eigenvalue weighted by atomic mass is 10.2. The third-order valence-electron chi connectivity index (χ3n) is 3.49. The summed E-state index contributed by atoms with van der Waals surface area (Å²) in [7, 11) is 2.00. The van der Waals surface area contributed by atoms with Crippen molar-refractivity contribution in [2.24, 2.45) is 0 Å². The maximum atomic E-state index is 12.4. The largest absolute Gasteiger partial charge is 0.508 e. The fourth-order valence-electron chi connectivity index (χ4n) is 2.07. The Kier molecular flexibility index (Phi) is 6.12. The second-order valence-corrected chi connectivity index (χ2v) is 5.24. The molecule has 3 aromatic rings. The van der Waals surface area contributed by atoms with E-state index in [1.165, 1.54) is 6.07 Å². The zero-order valence-electron chi connectivity index (χ0n) is 13.6. The molecule has 0 aromatic heterocycles. The number of carbonyl (C=O) groups excluding carboxylic acids is 1. The Morgan fingerprint density at radius 1 is 0.880 bits per heavy atom. The number of nitrogens with zero attached hydrogens (tertiary/aromatic N) is 1. The summed E-state index contributed by atoms with van der Waals surface area (Å²) in [5, 5.41) is 17.8. The number of phenols is 2. The van der Waals surface area contributed by atoms with Crippen LogP contribution in [0.2, 0.25) is 0 Å². The number of hydrogen-bond donors (Lipinski definition) is 2. The number of anilines is 2. The molecule has 4 nitrogen and oxygen atoms in total. The van der Waals surface area contributed by atoms with Gasteiger partial charge < -0.3 is 15.1 Å². The lowest BCUT2D eigenvalue weighted by Crippen LogP contribution is -2.08. The number of hydrogen-bond acceptors (Lipinski definition) is 4. The first-order chi connectivity index (χ1) is 12.0. The molecule has 0 saturated heterocycles. The quantitative estimate of drug-likeness (QED) is 0.690. The minimum atomic E-state index is -0.774. The van der Waals surface area contributed by atoms with Crippen molar-refractivity contribution >= 4 is 17.7 Å². The van der Waals surface area contributed by atoms with Crippen molar-refractivity contribution in [2.45, 2.75) is 0 Å². The smallest absolute Gasteiger partial charge is 0.165 e. The van der Waals surface area contributed by atoms with Crippen LogP contribution in [-0.4, -0.2) is 23.5 Å². The van der Waals surface area contributed by atoms with E-state index < -0.39 is 11.6 Å². The summed E-state index contributed by atoms with van der Waals surface area (Å²) in [5.74, 6) is -0.921. The predicted molar refractivity (Wildman–Crippen MR) is 96.1 cm³/mol. The number of rotatable bonds is 3. The Morgan fingerprint density at radius 2 is 1.48 bits per heavy atom. The standard InChI is InChI=1S/C13H13NO.C7H5FO2/c1-14(11-5-3-2-4-6-11)12-7-9-13(15)10-8-12;8-6-3-5(4-9)1-2-7(6)10/h2-10,15H,1H3;1-4,10H. The molecule has 128 valence electrons. The third kappa shape index (κ3) is 5.07. The van der Waals surface area contributed by atoms with E-state index in [1.807, 2.05) is 49.5 Å². The molecule has 0 aliphatic carbocycles. The van der Waals surface area contributed by atoms with Gasteiger partial charge in [0.25, 0.3) is 0 Å². The fraction of sp³-hybridized carbons (Fsp3) is 0.0500. The van der Waals surface area contributed by atoms with E-state index >= 15 is 0 Å². The highest BCUT2D eigenvalue weighted by Crippen LogP contribution is 2.24. The van der Waals surface area contributed by atoms with Gasteiger partial charge >= 0.3 is 0 Å². The Balaban J connectivity index is 0.000000196. The van der Waals surface area contributed by atoms with Crippen LogP contribution in [0.25, 0.3) is 0 Å². The van der Waals surface area contributed by atoms with Gasteiger partial charge in [-0.15, -0.1) is 0 Å². The number of para-hydroxylation sites is 1. The number of carbonyl (C=O) groups is 1. The summed E-state index contributed by atoms with van der Waals surface area (Å²) in [6, 6.07) is 20.7. The van der Waals surface area contributed by atoms with Crippen molar-refractivity contribution in [1.82, 2.24) is 0 Å². The Labute approximate surface area is 145 Å². The fourth-order valence-corrected chi connectivity index (χ4v) is 2.07. The molecule has 3 rings (SSSR count). The molecule has 0 bridgehead atoms.